The molecule has 1 aromatic carbocycles. The van der Waals surface area contributed by atoms with Gasteiger partial charge in [0.05, 0.1) is 4.90 Å². The third-order valence-corrected chi connectivity index (χ3v) is 5.88. The Labute approximate surface area is 124 Å². The molecule has 1 aliphatic rings. The van der Waals surface area contributed by atoms with Gasteiger partial charge in [0.1, 0.15) is 0 Å². The average Bonchev–Trinajstić information content (AvgIpc) is 2.47. The number of hydrogen-bond donors (Lipinski definition) is 1. The standard InChI is InChI=1S/C15H19N3O2S/c1-11-8-17-9-12-4-2-6-14(15(11)12)21(19,20)18-7-3-5-13(16)10-18/h2,4,6,8-9,13H,3,5,7,10,16H2,1H3. The molecule has 1 fully saturated rings. The van der Waals surface area contributed by atoms with Gasteiger partial charge in [-0.2, -0.15) is 4.31 Å². The minimum atomic E-state index is -3.52. The summed E-state index contributed by atoms with van der Waals surface area (Å²) < 4.78 is 27.4. The van der Waals surface area contributed by atoms with Gasteiger partial charge in [0.15, 0.2) is 0 Å². The summed E-state index contributed by atoms with van der Waals surface area (Å²) in [6.07, 6.45) is 5.09. The van der Waals surface area contributed by atoms with Gasteiger partial charge >= 0.3 is 0 Å². The molecule has 1 aromatic heterocycles. The zero-order valence-corrected chi connectivity index (χ0v) is 12.8. The van der Waals surface area contributed by atoms with Gasteiger partial charge in [-0.05, 0) is 31.4 Å². The molecule has 1 aliphatic heterocycles. The van der Waals surface area contributed by atoms with Crippen molar-refractivity contribution in [3.8, 4) is 0 Å². The van der Waals surface area contributed by atoms with E-state index in [9.17, 15) is 8.42 Å². The first-order valence-electron chi connectivity index (χ1n) is 7.09. The summed E-state index contributed by atoms with van der Waals surface area (Å²) in [5.74, 6) is 0. The van der Waals surface area contributed by atoms with Crippen LogP contribution in [0.4, 0.5) is 0 Å². The second-order valence-electron chi connectivity index (χ2n) is 5.58. The molecule has 1 unspecified atom stereocenters. The van der Waals surface area contributed by atoms with Gasteiger partial charge in [-0.25, -0.2) is 8.42 Å². The summed E-state index contributed by atoms with van der Waals surface area (Å²) in [4.78, 5) is 4.49. The number of nitrogens with zero attached hydrogens (tertiary/aromatic N) is 2. The fraction of sp³-hybridized carbons (Fsp3) is 0.400. The molecule has 3 rings (SSSR count). The molecular formula is C15H19N3O2S. The monoisotopic (exact) mass is 305 g/mol. The van der Waals surface area contributed by atoms with E-state index < -0.39 is 10.0 Å². The lowest BCUT2D eigenvalue weighted by atomic mass is 10.1. The molecule has 2 aromatic rings. The first-order chi connectivity index (χ1) is 10.00. The van der Waals surface area contributed by atoms with Crippen LogP contribution in [0.1, 0.15) is 18.4 Å². The van der Waals surface area contributed by atoms with E-state index in [4.69, 9.17) is 5.73 Å². The Morgan fingerprint density at radius 3 is 2.90 bits per heavy atom. The maximum Gasteiger partial charge on any atom is 0.243 e. The molecule has 2 N–H and O–H groups in total. The second kappa shape index (κ2) is 5.36. The lowest BCUT2D eigenvalue weighted by Gasteiger charge is -2.30. The molecule has 6 heteroatoms. The Hall–Kier alpha value is -1.50. The van der Waals surface area contributed by atoms with Crippen molar-refractivity contribution < 1.29 is 8.42 Å². The van der Waals surface area contributed by atoms with Gasteiger partial charge in [0.2, 0.25) is 10.0 Å². The van der Waals surface area contributed by atoms with Crippen molar-refractivity contribution in [2.45, 2.75) is 30.7 Å². The van der Waals surface area contributed by atoms with Gasteiger partial charge < -0.3 is 5.73 Å². The van der Waals surface area contributed by atoms with E-state index in [-0.39, 0.29) is 6.04 Å². The smallest absolute Gasteiger partial charge is 0.243 e. The van der Waals surface area contributed by atoms with E-state index in [1.54, 1.807) is 24.5 Å². The van der Waals surface area contributed by atoms with E-state index in [1.165, 1.54) is 4.31 Å². The van der Waals surface area contributed by atoms with Gasteiger partial charge in [-0.15, -0.1) is 0 Å². The highest BCUT2D eigenvalue weighted by molar-refractivity contribution is 7.89. The lowest BCUT2D eigenvalue weighted by Crippen LogP contribution is -2.45. The first-order valence-corrected chi connectivity index (χ1v) is 8.53. The van der Waals surface area contributed by atoms with E-state index >= 15 is 0 Å². The molecule has 0 bridgehead atoms. The van der Waals surface area contributed by atoms with Crippen LogP contribution in [0.25, 0.3) is 10.8 Å². The van der Waals surface area contributed by atoms with E-state index in [0.29, 0.717) is 18.0 Å². The Bertz CT molecular complexity index is 768. The number of aryl methyl sites for hydroxylation is 1. The number of rotatable bonds is 2. The maximum atomic E-state index is 12.9. The van der Waals surface area contributed by atoms with E-state index in [1.807, 2.05) is 13.0 Å². The Kier molecular flexibility index (Phi) is 3.69. The number of pyridine rings is 1. The predicted molar refractivity (Wildman–Crippen MR) is 82.4 cm³/mol. The first kappa shape index (κ1) is 14.4. The molecule has 0 saturated carbocycles. The van der Waals surface area contributed by atoms with Crippen LogP contribution in [0, 0.1) is 6.92 Å². The Morgan fingerprint density at radius 2 is 2.14 bits per heavy atom. The van der Waals surface area contributed by atoms with Crippen molar-refractivity contribution in [1.82, 2.24) is 9.29 Å². The van der Waals surface area contributed by atoms with E-state index in [0.717, 1.165) is 29.2 Å². The van der Waals surface area contributed by atoms with Crippen LogP contribution in [0.15, 0.2) is 35.5 Å². The minimum absolute atomic E-state index is 0.0775. The van der Waals surface area contributed by atoms with Crippen LogP contribution < -0.4 is 5.73 Å². The van der Waals surface area contributed by atoms with Gasteiger partial charge in [-0.1, -0.05) is 12.1 Å². The number of benzene rings is 1. The van der Waals surface area contributed by atoms with E-state index in [2.05, 4.69) is 4.98 Å². The molecule has 0 radical (unpaired) electrons. The topological polar surface area (TPSA) is 76.3 Å². The zero-order valence-electron chi connectivity index (χ0n) is 12.0. The summed E-state index contributed by atoms with van der Waals surface area (Å²) in [7, 11) is -3.52. The van der Waals surface area contributed by atoms with Crippen LogP contribution in [0.5, 0.6) is 0 Å². The van der Waals surface area contributed by atoms with Gasteiger partial charge in [0.25, 0.3) is 0 Å². The Balaban J connectivity index is 2.15. The summed E-state index contributed by atoms with van der Waals surface area (Å²) in [5, 5.41) is 1.60. The van der Waals surface area contributed by atoms with Crippen LogP contribution in [-0.2, 0) is 10.0 Å². The normalized spacial score (nSPS) is 20.8. The van der Waals surface area contributed by atoms with Crippen LogP contribution in [0.2, 0.25) is 0 Å². The van der Waals surface area contributed by atoms with Crippen molar-refractivity contribution in [3.63, 3.8) is 0 Å². The number of piperidine rings is 1. The van der Waals surface area contributed by atoms with Crippen molar-refractivity contribution in [1.29, 1.82) is 0 Å². The largest absolute Gasteiger partial charge is 0.327 e. The maximum absolute atomic E-state index is 12.9. The number of aromatic nitrogens is 1. The van der Waals surface area contributed by atoms with Crippen molar-refractivity contribution in [2.24, 2.45) is 5.73 Å². The van der Waals surface area contributed by atoms with Gasteiger partial charge in [-0.3, -0.25) is 4.98 Å². The van der Waals surface area contributed by atoms with Gasteiger partial charge in [0, 0.05) is 42.3 Å². The second-order valence-corrected chi connectivity index (χ2v) is 7.48. The lowest BCUT2D eigenvalue weighted by molar-refractivity contribution is 0.316. The molecule has 0 spiro atoms. The van der Waals surface area contributed by atoms with Crippen LogP contribution in [-0.4, -0.2) is 36.8 Å². The van der Waals surface area contributed by atoms with Crippen molar-refractivity contribution in [2.75, 3.05) is 13.1 Å². The van der Waals surface area contributed by atoms with Crippen molar-refractivity contribution in [3.05, 3.63) is 36.2 Å². The summed E-state index contributed by atoms with van der Waals surface area (Å²) >= 11 is 0. The number of fused-ring (bicyclic) bond motifs is 1. The molecule has 5 nitrogen and oxygen atoms in total. The molecule has 0 amide bonds. The molecule has 112 valence electrons. The third-order valence-electron chi connectivity index (χ3n) is 3.97. The SMILES string of the molecule is Cc1cncc2cccc(S(=O)(=O)N3CCCC(N)C3)c12. The fourth-order valence-electron chi connectivity index (χ4n) is 2.92. The minimum Gasteiger partial charge on any atom is -0.327 e. The van der Waals surface area contributed by atoms with Crippen LogP contribution >= 0.6 is 0 Å². The highest BCUT2D eigenvalue weighted by Crippen LogP contribution is 2.29. The molecule has 2 heterocycles. The summed E-state index contributed by atoms with van der Waals surface area (Å²) in [6.45, 7) is 2.82. The average molecular weight is 305 g/mol. The number of hydrogen-bond acceptors (Lipinski definition) is 4. The molecule has 1 atom stereocenters. The number of nitrogens with two attached hydrogens (primary N) is 1. The number of sulfonamides is 1. The molecule has 1 saturated heterocycles. The predicted octanol–water partition coefficient (Wildman–Crippen LogP) is 1.66. The fourth-order valence-corrected chi connectivity index (χ4v) is 4.74. The Morgan fingerprint density at radius 1 is 1.33 bits per heavy atom. The quantitative estimate of drug-likeness (QED) is 0.915. The molecule has 21 heavy (non-hydrogen) atoms. The van der Waals surface area contributed by atoms with Crippen LogP contribution in [0.3, 0.4) is 0 Å². The molecular weight excluding hydrogens is 286 g/mol. The summed E-state index contributed by atoms with van der Waals surface area (Å²) in [6, 6.07) is 5.24. The zero-order chi connectivity index (χ0) is 15.0. The summed E-state index contributed by atoms with van der Waals surface area (Å²) in [5.41, 5.74) is 6.79. The highest BCUT2D eigenvalue weighted by atomic mass is 32.2. The highest BCUT2D eigenvalue weighted by Gasteiger charge is 2.30. The molecule has 0 aliphatic carbocycles. The third kappa shape index (κ3) is 2.54. The van der Waals surface area contributed by atoms with Crippen molar-refractivity contribution >= 4 is 20.8 Å².